The van der Waals surface area contributed by atoms with Crippen molar-refractivity contribution in [2.75, 3.05) is 26.9 Å². The van der Waals surface area contributed by atoms with Gasteiger partial charge in [0.15, 0.2) is 6.29 Å². The first-order chi connectivity index (χ1) is 15.0. The minimum Gasteiger partial charge on any atom is -0.497 e. The first-order valence-electron chi connectivity index (χ1n) is 11.1. The van der Waals surface area contributed by atoms with E-state index in [1.807, 2.05) is 24.3 Å². The molecule has 0 amide bonds. The van der Waals surface area contributed by atoms with Gasteiger partial charge in [0.1, 0.15) is 5.75 Å². The number of hydrogen-bond acceptors (Lipinski definition) is 7. The predicted molar refractivity (Wildman–Crippen MR) is 122 cm³/mol. The van der Waals surface area contributed by atoms with Crippen LogP contribution in [0.3, 0.4) is 0 Å². The number of nitriles is 1. The van der Waals surface area contributed by atoms with Crippen LogP contribution in [0, 0.1) is 11.3 Å². The van der Waals surface area contributed by atoms with E-state index in [-0.39, 0.29) is 12.4 Å². The van der Waals surface area contributed by atoms with E-state index in [9.17, 15) is 0 Å². The van der Waals surface area contributed by atoms with Gasteiger partial charge in [-0.2, -0.15) is 5.26 Å². The Morgan fingerprint density at radius 3 is 2.39 bits per heavy atom. The Balaban J connectivity index is 1.71. The summed E-state index contributed by atoms with van der Waals surface area (Å²) in [6, 6.07) is 10.5. The first-order valence-corrected chi connectivity index (χ1v) is 12.2. The van der Waals surface area contributed by atoms with Gasteiger partial charge in [-0.1, -0.05) is 12.1 Å². The molecule has 0 saturated carbocycles. The van der Waals surface area contributed by atoms with Crippen molar-refractivity contribution < 1.29 is 23.3 Å². The lowest BCUT2D eigenvalue weighted by molar-refractivity contribution is -0.0614. The molecule has 3 atom stereocenters. The monoisotopic (exact) mass is 452 g/mol. The second-order valence-electron chi connectivity index (χ2n) is 8.07. The Morgan fingerprint density at radius 1 is 1.10 bits per heavy atom. The van der Waals surface area contributed by atoms with E-state index in [0.717, 1.165) is 30.6 Å². The summed E-state index contributed by atoms with van der Waals surface area (Å²) in [6.45, 7) is 10.2. The molecule has 1 aromatic carbocycles. The molecule has 1 aliphatic heterocycles. The van der Waals surface area contributed by atoms with Crippen molar-refractivity contribution in [3.8, 4) is 11.8 Å². The fourth-order valence-corrected chi connectivity index (χ4v) is 5.09. The zero-order chi connectivity index (χ0) is 22.6. The average molecular weight is 453 g/mol. The summed E-state index contributed by atoms with van der Waals surface area (Å²) in [5.74, 6) is 0.823. The molecule has 0 N–H and O–H groups in total. The predicted octanol–water partition coefficient (Wildman–Crippen LogP) is 5.57. The number of methoxy groups -OCH3 is 1. The number of hydrogen-bond donors (Lipinski definition) is 0. The smallest absolute Gasteiger partial charge is 0.259 e. The first kappa shape index (κ1) is 26.0. The van der Waals surface area contributed by atoms with Gasteiger partial charge >= 0.3 is 0 Å². The molecule has 1 aromatic rings. The molecule has 1 heterocycles. The van der Waals surface area contributed by atoms with Gasteiger partial charge in [0.05, 0.1) is 45.5 Å². The normalized spacial score (nSPS) is 19.8. The lowest BCUT2D eigenvalue weighted by Gasteiger charge is -2.35. The number of ether oxygens (including phenoxy) is 3. The summed E-state index contributed by atoms with van der Waals surface area (Å²) < 4.78 is 31.4. The van der Waals surface area contributed by atoms with Crippen LogP contribution in [-0.4, -0.2) is 49.8 Å². The van der Waals surface area contributed by atoms with Crippen LogP contribution in [0.4, 0.5) is 0 Å². The molecule has 0 aromatic heterocycles. The van der Waals surface area contributed by atoms with E-state index in [2.05, 4.69) is 38.4 Å². The Morgan fingerprint density at radius 2 is 1.77 bits per heavy atom. The third kappa shape index (κ3) is 8.65. The lowest BCUT2D eigenvalue weighted by Crippen LogP contribution is -2.33. The van der Waals surface area contributed by atoms with Crippen molar-refractivity contribution >= 4 is 8.53 Å². The summed E-state index contributed by atoms with van der Waals surface area (Å²) in [5, 5.41) is 8.80. The molecule has 0 spiro atoms. The second kappa shape index (κ2) is 14.0. The molecule has 1 saturated heterocycles. The Kier molecular flexibility index (Phi) is 11.7. The maximum Gasteiger partial charge on any atom is 0.259 e. The summed E-state index contributed by atoms with van der Waals surface area (Å²) >= 11 is 0. The van der Waals surface area contributed by atoms with E-state index in [0.29, 0.717) is 38.3 Å². The topological polar surface area (TPSA) is 73.2 Å². The maximum absolute atomic E-state index is 8.80. The van der Waals surface area contributed by atoms with Crippen LogP contribution in [0.25, 0.3) is 0 Å². The molecular weight excluding hydrogens is 415 g/mol. The highest BCUT2D eigenvalue weighted by molar-refractivity contribution is 7.44. The van der Waals surface area contributed by atoms with Crippen LogP contribution in [-0.2, 0) is 18.5 Å². The van der Waals surface area contributed by atoms with E-state index < -0.39 is 8.53 Å². The number of unbranched alkanes of at least 4 members (excludes halogenated alkanes) is 1. The molecule has 8 heteroatoms. The van der Waals surface area contributed by atoms with Crippen LogP contribution in [0.5, 0.6) is 5.75 Å². The molecule has 0 radical (unpaired) electrons. The van der Waals surface area contributed by atoms with Gasteiger partial charge in [0.25, 0.3) is 8.53 Å². The minimum atomic E-state index is -1.17. The van der Waals surface area contributed by atoms with E-state index in [1.165, 1.54) is 0 Å². The quantitative estimate of drug-likeness (QED) is 0.270. The number of nitrogens with zero attached hydrogens (tertiary/aromatic N) is 2. The molecule has 1 aliphatic rings. The zero-order valence-electron chi connectivity index (χ0n) is 19.5. The van der Waals surface area contributed by atoms with Crippen molar-refractivity contribution in [2.24, 2.45) is 0 Å². The van der Waals surface area contributed by atoms with Crippen LogP contribution >= 0.6 is 8.53 Å². The van der Waals surface area contributed by atoms with Gasteiger partial charge in [-0.25, -0.2) is 4.67 Å². The fourth-order valence-electron chi connectivity index (χ4n) is 3.47. The molecule has 2 rings (SSSR count). The summed E-state index contributed by atoms with van der Waals surface area (Å²) in [6.07, 6.45) is 3.02. The molecule has 7 nitrogen and oxygen atoms in total. The highest BCUT2D eigenvalue weighted by Gasteiger charge is 2.28. The number of benzene rings is 1. The van der Waals surface area contributed by atoms with E-state index in [1.54, 1.807) is 7.11 Å². The minimum absolute atomic E-state index is 0.100. The average Bonchev–Trinajstić information content (AvgIpc) is 3.22. The lowest BCUT2D eigenvalue weighted by atomic mass is 10.2. The van der Waals surface area contributed by atoms with Gasteiger partial charge in [0.2, 0.25) is 0 Å². The molecule has 0 bridgehead atoms. The molecular formula is C23H37N2O5P. The van der Waals surface area contributed by atoms with Crippen molar-refractivity contribution in [1.82, 2.24) is 4.67 Å². The van der Waals surface area contributed by atoms with Gasteiger partial charge in [-0.15, -0.1) is 0 Å². The molecule has 31 heavy (non-hydrogen) atoms. The summed E-state index contributed by atoms with van der Waals surface area (Å²) in [4.78, 5) is 0. The van der Waals surface area contributed by atoms with Crippen molar-refractivity contribution in [1.29, 1.82) is 5.26 Å². The largest absolute Gasteiger partial charge is 0.497 e. The summed E-state index contributed by atoms with van der Waals surface area (Å²) in [7, 11) is 0.488. The molecule has 3 unspecified atom stereocenters. The highest BCUT2D eigenvalue weighted by Crippen LogP contribution is 2.46. The second-order valence-corrected chi connectivity index (χ2v) is 9.53. The van der Waals surface area contributed by atoms with Crippen LogP contribution in [0.2, 0.25) is 0 Å². The SMILES string of the molecule is COc1ccc(C2OCC(CCCCOP(OCCC#N)N(C(C)C)C(C)C)O2)cc1. The molecule has 0 aliphatic carbocycles. The Labute approximate surface area is 188 Å². The van der Waals surface area contributed by atoms with Crippen molar-refractivity contribution in [3.63, 3.8) is 0 Å². The Bertz CT molecular complexity index is 657. The van der Waals surface area contributed by atoms with Crippen LogP contribution < -0.4 is 4.74 Å². The Hall–Kier alpha value is -1.26. The van der Waals surface area contributed by atoms with E-state index in [4.69, 9.17) is 28.5 Å². The van der Waals surface area contributed by atoms with Crippen LogP contribution in [0.15, 0.2) is 24.3 Å². The highest BCUT2D eigenvalue weighted by atomic mass is 31.2. The van der Waals surface area contributed by atoms with Gasteiger partial charge in [-0.3, -0.25) is 0 Å². The summed E-state index contributed by atoms with van der Waals surface area (Å²) in [5.41, 5.74) is 1.01. The van der Waals surface area contributed by atoms with E-state index >= 15 is 0 Å². The van der Waals surface area contributed by atoms with Gasteiger partial charge in [0, 0.05) is 17.6 Å². The molecule has 174 valence electrons. The zero-order valence-corrected chi connectivity index (χ0v) is 20.3. The third-order valence-corrected chi connectivity index (χ3v) is 7.03. The van der Waals surface area contributed by atoms with Gasteiger partial charge < -0.3 is 23.3 Å². The van der Waals surface area contributed by atoms with Crippen molar-refractivity contribution in [2.45, 2.75) is 77.9 Å². The third-order valence-electron chi connectivity index (χ3n) is 4.92. The maximum atomic E-state index is 8.80. The van der Waals surface area contributed by atoms with Crippen molar-refractivity contribution in [3.05, 3.63) is 29.8 Å². The standard InChI is InChI=1S/C23H37N2O5P/c1-18(2)25(19(3)4)31(29-16-8-14-24)28-15-7-6-9-22-17-27-23(30-22)20-10-12-21(26-5)13-11-20/h10-13,18-19,22-23H,6-9,15-17H2,1-5H3. The number of rotatable bonds is 14. The fraction of sp³-hybridized carbons (Fsp3) is 0.696. The molecule has 1 fully saturated rings. The van der Waals surface area contributed by atoms with Crippen LogP contribution in [0.1, 0.15) is 65.2 Å². The van der Waals surface area contributed by atoms with Gasteiger partial charge in [-0.05, 0) is 59.1 Å².